The van der Waals surface area contributed by atoms with Crippen molar-refractivity contribution in [3.63, 3.8) is 0 Å². The summed E-state index contributed by atoms with van der Waals surface area (Å²) in [5.41, 5.74) is 0.793. The predicted molar refractivity (Wildman–Crippen MR) is 86.3 cm³/mol. The number of fused-ring (bicyclic) bond motifs is 1. The first-order valence-electron chi connectivity index (χ1n) is 6.61. The van der Waals surface area contributed by atoms with Crippen LogP contribution in [-0.2, 0) is 12.8 Å². The topological polar surface area (TPSA) is 33.4 Å². The van der Waals surface area contributed by atoms with Gasteiger partial charge in [0.25, 0.3) is 0 Å². The van der Waals surface area contributed by atoms with Gasteiger partial charge in [-0.2, -0.15) is 0 Å². The first kappa shape index (κ1) is 13.9. The van der Waals surface area contributed by atoms with E-state index in [0.29, 0.717) is 12.2 Å². The fraction of sp³-hybridized carbons (Fsp3) is 0.250. The maximum Gasteiger partial charge on any atom is 0.148 e. The molecule has 0 aliphatic rings. The lowest BCUT2D eigenvalue weighted by Gasteiger charge is -2.05. The lowest BCUT2D eigenvalue weighted by atomic mass is 10.1. The molecule has 3 aromatic rings. The van der Waals surface area contributed by atoms with Gasteiger partial charge in [-0.05, 0) is 46.6 Å². The van der Waals surface area contributed by atoms with E-state index in [-0.39, 0.29) is 0 Å². The summed E-state index contributed by atoms with van der Waals surface area (Å²) in [4.78, 5) is 2.54. The van der Waals surface area contributed by atoms with Gasteiger partial charge in [-0.15, -0.1) is 11.3 Å². The Bertz CT molecular complexity index is 729. The van der Waals surface area contributed by atoms with E-state index in [1.807, 2.05) is 24.3 Å². The number of furan rings is 1. The molecule has 0 saturated carbocycles. The SMILES string of the molecule is CCc1ccc(CC(O)c2cc3cccc(Br)c3o2)s1. The molecule has 2 aromatic heterocycles. The highest BCUT2D eigenvalue weighted by Gasteiger charge is 2.16. The van der Waals surface area contributed by atoms with Crippen molar-refractivity contribution in [1.29, 1.82) is 0 Å². The van der Waals surface area contributed by atoms with Gasteiger partial charge in [-0.1, -0.05) is 19.1 Å². The molecule has 0 bridgehead atoms. The number of aryl methyl sites for hydroxylation is 1. The van der Waals surface area contributed by atoms with Crippen LogP contribution in [0.1, 0.15) is 28.5 Å². The van der Waals surface area contributed by atoms with Crippen LogP contribution < -0.4 is 0 Å². The minimum Gasteiger partial charge on any atom is -0.457 e. The van der Waals surface area contributed by atoms with Gasteiger partial charge in [0.2, 0.25) is 0 Å². The van der Waals surface area contributed by atoms with Gasteiger partial charge in [-0.25, -0.2) is 0 Å². The normalized spacial score (nSPS) is 12.9. The van der Waals surface area contributed by atoms with E-state index in [2.05, 4.69) is 35.0 Å². The van der Waals surface area contributed by atoms with Gasteiger partial charge in [0, 0.05) is 21.6 Å². The standard InChI is InChI=1S/C16H15BrO2S/c1-2-11-6-7-12(20-11)9-14(18)15-8-10-4-3-5-13(17)16(10)19-15/h3-8,14,18H,2,9H2,1H3. The van der Waals surface area contributed by atoms with E-state index < -0.39 is 6.10 Å². The van der Waals surface area contributed by atoms with Crippen LogP contribution in [0.3, 0.4) is 0 Å². The van der Waals surface area contributed by atoms with Crippen LogP contribution in [-0.4, -0.2) is 5.11 Å². The Labute approximate surface area is 130 Å². The molecule has 0 amide bonds. The second-order valence-electron chi connectivity index (χ2n) is 4.75. The zero-order valence-electron chi connectivity index (χ0n) is 11.1. The van der Waals surface area contributed by atoms with E-state index in [0.717, 1.165) is 21.9 Å². The molecule has 1 atom stereocenters. The molecule has 20 heavy (non-hydrogen) atoms. The van der Waals surface area contributed by atoms with Crippen molar-refractivity contribution in [2.24, 2.45) is 0 Å². The third kappa shape index (κ3) is 2.68. The molecule has 0 fully saturated rings. The van der Waals surface area contributed by atoms with E-state index in [9.17, 15) is 5.11 Å². The molecule has 0 aliphatic heterocycles. The molecule has 0 saturated heterocycles. The van der Waals surface area contributed by atoms with Gasteiger partial charge >= 0.3 is 0 Å². The van der Waals surface area contributed by atoms with Crippen LogP contribution in [0.15, 0.2) is 45.3 Å². The van der Waals surface area contributed by atoms with Crippen molar-refractivity contribution < 1.29 is 9.52 Å². The number of benzene rings is 1. The Morgan fingerprint density at radius 1 is 1.25 bits per heavy atom. The molecule has 4 heteroatoms. The Morgan fingerprint density at radius 3 is 2.75 bits per heavy atom. The van der Waals surface area contributed by atoms with Crippen molar-refractivity contribution >= 4 is 38.2 Å². The maximum atomic E-state index is 10.3. The average molecular weight is 351 g/mol. The lowest BCUT2D eigenvalue weighted by Crippen LogP contribution is -1.98. The zero-order valence-corrected chi connectivity index (χ0v) is 13.5. The molecule has 1 aromatic carbocycles. The van der Waals surface area contributed by atoms with Crippen LogP contribution in [0.2, 0.25) is 0 Å². The highest BCUT2D eigenvalue weighted by Crippen LogP contribution is 2.31. The van der Waals surface area contributed by atoms with Crippen LogP contribution in [0.4, 0.5) is 0 Å². The molecule has 2 heterocycles. The quantitative estimate of drug-likeness (QED) is 0.710. The molecule has 3 rings (SSSR count). The largest absolute Gasteiger partial charge is 0.457 e. The van der Waals surface area contributed by atoms with Gasteiger partial charge < -0.3 is 9.52 Å². The van der Waals surface area contributed by atoms with E-state index >= 15 is 0 Å². The molecule has 104 valence electrons. The van der Waals surface area contributed by atoms with E-state index in [1.54, 1.807) is 11.3 Å². The second-order valence-corrected chi connectivity index (χ2v) is 6.86. The number of para-hydroxylation sites is 1. The van der Waals surface area contributed by atoms with Crippen molar-refractivity contribution in [1.82, 2.24) is 0 Å². The molecular weight excluding hydrogens is 336 g/mol. The highest BCUT2D eigenvalue weighted by atomic mass is 79.9. The summed E-state index contributed by atoms with van der Waals surface area (Å²) in [6.07, 6.45) is 1.04. The minimum absolute atomic E-state index is 0.599. The summed E-state index contributed by atoms with van der Waals surface area (Å²) in [6, 6.07) is 12.0. The Morgan fingerprint density at radius 2 is 2.05 bits per heavy atom. The fourth-order valence-electron chi connectivity index (χ4n) is 2.22. The summed E-state index contributed by atoms with van der Waals surface area (Å²) >= 11 is 5.22. The smallest absolute Gasteiger partial charge is 0.148 e. The molecule has 0 spiro atoms. The van der Waals surface area contributed by atoms with Crippen LogP contribution in [0.25, 0.3) is 11.0 Å². The summed E-state index contributed by atoms with van der Waals surface area (Å²) < 4.78 is 6.69. The Kier molecular flexibility index (Phi) is 3.96. The molecule has 0 radical (unpaired) electrons. The number of thiophene rings is 1. The number of aliphatic hydroxyl groups excluding tert-OH is 1. The number of rotatable bonds is 4. The molecule has 1 unspecified atom stereocenters. The lowest BCUT2D eigenvalue weighted by molar-refractivity contribution is 0.153. The van der Waals surface area contributed by atoms with Crippen LogP contribution >= 0.6 is 27.3 Å². The van der Waals surface area contributed by atoms with E-state index in [4.69, 9.17) is 4.42 Å². The number of hydrogen-bond acceptors (Lipinski definition) is 3. The van der Waals surface area contributed by atoms with Gasteiger partial charge in [-0.3, -0.25) is 0 Å². The second kappa shape index (κ2) is 5.72. The summed E-state index contributed by atoms with van der Waals surface area (Å²) in [5, 5.41) is 11.4. The maximum absolute atomic E-state index is 10.3. The van der Waals surface area contributed by atoms with Gasteiger partial charge in [0.05, 0.1) is 4.47 Å². The molecule has 0 aliphatic carbocycles. The molecular formula is C16H15BrO2S. The van der Waals surface area contributed by atoms with Gasteiger partial charge in [0.15, 0.2) is 0 Å². The van der Waals surface area contributed by atoms with Gasteiger partial charge in [0.1, 0.15) is 17.4 Å². The van der Waals surface area contributed by atoms with E-state index in [1.165, 1.54) is 9.75 Å². The Hall–Kier alpha value is -1.10. The zero-order chi connectivity index (χ0) is 14.1. The number of aliphatic hydroxyl groups is 1. The van der Waals surface area contributed by atoms with Crippen molar-refractivity contribution in [2.75, 3.05) is 0 Å². The van der Waals surface area contributed by atoms with Crippen LogP contribution in [0.5, 0.6) is 0 Å². The Balaban J connectivity index is 1.84. The summed E-state index contributed by atoms with van der Waals surface area (Å²) in [5.74, 6) is 0.623. The fourth-order valence-corrected chi connectivity index (χ4v) is 3.68. The third-order valence-electron chi connectivity index (χ3n) is 3.30. The monoisotopic (exact) mass is 350 g/mol. The van der Waals surface area contributed by atoms with Crippen molar-refractivity contribution in [3.8, 4) is 0 Å². The highest BCUT2D eigenvalue weighted by molar-refractivity contribution is 9.10. The third-order valence-corrected chi connectivity index (χ3v) is 5.18. The summed E-state index contributed by atoms with van der Waals surface area (Å²) in [6.45, 7) is 2.14. The summed E-state index contributed by atoms with van der Waals surface area (Å²) in [7, 11) is 0. The number of hydrogen-bond donors (Lipinski definition) is 1. The van der Waals surface area contributed by atoms with Crippen molar-refractivity contribution in [2.45, 2.75) is 25.9 Å². The van der Waals surface area contributed by atoms with Crippen molar-refractivity contribution in [3.05, 3.63) is 56.4 Å². The predicted octanol–water partition coefficient (Wildman–Crippen LogP) is 5.10. The first-order valence-corrected chi connectivity index (χ1v) is 8.22. The molecule has 2 nitrogen and oxygen atoms in total. The number of halogens is 1. The minimum atomic E-state index is -0.599. The average Bonchev–Trinajstić information content (AvgIpc) is 3.05. The van der Waals surface area contributed by atoms with Crippen LogP contribution in [0, 0.1) is 0 Å². The molecule has 1 N–H and O–H groups in total. The first-order chi connectivity index (χ1) is 9.67.